The fraction of sp³-hybridized carbons (Fsp3) is 0. The predicted octanol–water partition coefficient (Wildman–Crippen LogP) is 3.81. The first kappa shape index (κ1) is 12.0. The Balaban J connectivity index is 2.37. The van der Waals surface area contributed by atoms with Crippen LogP contribution in [-0.4, -0.2) is 5.78 Å². The van der Waals surface area contributed by atoms with Crippen LogP contribution in [0, 0.1) is 0 Å². The normalized spacial score (nSPS) is 10.2. The summed E-state index contributed by atoms with van der Waals surface area (Å²) in [5.74, 6) is -0.106. The van der Waals surface area contributed by atoms with Crippen molar-refractivity contribution >= 4 is 34.7 Å². The number of ketones is 1. The Morgan fingerprint density at radius 2 is 1.53 bits per heavy atom. The third-order valence-electron chi connectivity index (χ3n) is 2.36. The van der Waals surface area contributed by atoms with E-state index >= 15 is 0 Å². The number of carbonyl (C=O) groups is 1. The van der Waals surface area contributed by atoms with Crippen molar-refractivity contribution in [3.8, 4) is 0 Å². The topological polar surface area (TPSA) is 43.1 Å². The zero-order valence-corrected chi connectivity index (χ0v) is 10.3. The average molecular weight is 266 g/mol. The molecule has 0 saturated carbocycles. The van der Waals surface area contributed by atoms with Crippen molar-refractivity contribution in [2.24, 2.45) is 0 Å². The molecule has 17 heavy (non-hydrogen) atoms. The van der Waals surface area contributed by atoms with Gasteiger partial charge in [0.05, 0.1) is 10.7 Å². The molecule has 0 aromatic heterocycles. The Morgan fingerprint density at radius 3 is 2.12 bits per heavy atom. The number of benzene rings is 2. The number of hydrogen-bond acceptors (Lipinski definition) is 2. The van der Waals surface area contributed by atoms with Crippen LogP contribution in [0.2, 0.25) is 10.0 Å². The average Bonchev–Trinajstić information content (AvgIpc) is 2.33. The van der Waals surface area contributed by atoms with Gasteiger partial charge in [-0.1, -0.05) is 23.2 Å². The second kappa shape index (κ2) is 4.78. The molecule has 2 N–H and O–H groups in total. The van der Waals surface area contributed by atoms with Crippen LogP contribution in [-0.2, 0) is 0 Å². The summed E-state index contributed by atoms with van der Waals surface area (Å²) in [4.78, 5) is 12.1. The van der Waals surface area contributed by atoms with E-state index < -0.39 is 0 Å². The van der Waals surface area contributed by atoms with Crippen LogP contribution in [0.15, 0.2) is 42.5 Å². The molecule has 0 bridgehead atoms. The number of anilines is 1. The molecule has 4 heteroatoms. The summed E-state index contributed by atoms with van der Waals surface area (Å²) in [7, 11) is 0. The van der Waals surface area contributed by atoms with Crippen molar-refractivity contribution in [1.29, 1.82) is 0 Å². The molecule has 0 radical (unpaired) electrons. The van der Waals surface area contributed by atoms with E-state index in [1.54, 1.807) is 42.5 Å². The fourth-order valence-electron chi connectivity index (χ4n) is 1.45. The van der Waals surface area contributed by atoms with Gasteiger partial charge in [-0.15, -0.1) is 0 Å². The van der Waals surface area contributed by atoms with E-state index in [0.29, 0.717) is 26.9 Å². The third kappa shape index (κ3) is 2.60. The Hall–Kier alpha value is -1.51. The summed E-state index contributed by atoms with van der Waals surface area (Å²) in [5.41, 5.74) is 7.12. The lowest BCUT2D eigenvalue weighted by Crippen LogP contribution is -2.02. The summed E-state index contributed by atoms with van der Waals surface area (Å²) in [6.07, 6.45) is 0. The minimum Gasteiger partial charge on any atom is -0.398 e. The molecule has 2 aromatic carbocycles. The van der Waals surface area contributed by atoms with Crippen molar-refractivity contribution in [3.63, 3.8) is 0 Å². The lowest BCUT2D eigenvalue weighted by Gasteiger charge is -2.03. The molecule has 0 saturated heterocycles. The maximum absolute atomic E-state index is 12.1. The summed E-state index contributed by atoms with van der Waals surface area (Å²) in [6, 6.07) is 11.5. The maximum atomic E-state index is 12.1. The van der Waals surface area contributed by atoms with Crippen molar-refractivity contribution in [1.82, 2.24) is 0 Å². The Labute approximate surface area is 109 Å². The molecule has 0 atom stereocenters. The van der Waals surface area contributed by atoms with Crippen molar-refractivity contribution in [2.75, 3.05) is 5.73 Å². The summed E-state index contributed by atoms with van der Waals surface area (Å²) >= 11 is 11.6. The molecule has 0 unspecified atom stereocenters. The summed E-state index contributed by atoms with van der Waals surface area (Å²) in [5, 5.41) is 1.04. The number of nitrogens with two attached hydrogens (primary N) is 1. The van der Waals surface area contributed by atoms with Crippen LogP contribution in [0.25, 0.3) is 0 Å². The van der Waals surface area contributed by atoms with Gasteiger partial charge in [-0.3, -0.25) is 4.79 Å². The maximum Gasteiger partial charge on any atom is 0.193 e. The second-order valence-electron chi connectivity index (χ2n) is 3.57. The van der Waals surface area contributed by atoms with Gasteiger partial charge in [-0.2, -0.15) is 0 Å². The van der Waals surface area contributed by atoms with Gasteiger partial charge in [0, 0.05) is 16.1 Å². The van der Waals surface area contributed by atoms with Crippen molar-refractivity contribution in [2.45, 2.75) is 0 Å². The molecule has 2 rings (SSSR count). The first-order chi connectivity index (χ1) is 8.08. The molecule has 0 aliphatic rings. The van der Waals surface area contributed by atoms with Gasteiger partial charge in [0.1, 0.15) is 0 Å². The van der Waals surface area contributed by atoms with Crippen molar-refractivity contribution in [3.05, 3.63) is 63.6 Å². The fourth-order valence-corrected chi connectivity index (χ4v) is 1.70. The highest BCUT2D eigenvalue weighted by atomic mass is 35.5. The van der Waals surface area contributed by atoms with Gasteiger partial charge >= 0.3 is 0 Å². The van der Waals surface area contributed by atoms with Crippen LogP contribution in [0.4, 0.5) is 5.69 Å². The van der Waals surface area contributed by atoms with E-state index in [1.807, 2.05) is 0 Å². The highest BCUT2D eigenvalue weighted by molar-refractivity contribution is 6.33. The highest BCUT2D eigenvalue weighted by Gasteiger charge is 2.10. The number of rotatable bonds is 2. The highest BCUT2D eigenvalue weighted by Crippen LogP contribution is 2.21. The molecule has 0 aliphatic carbocycles. The molecule has 86 valence electrons. The number of hydrogen-bond donors (Lipinski definition) is 1. The molecule has 0 aliphatic heterocycles. The molecule has 0 amide bonds. The van der Waals surface area contributed by atoms with Gasteiger partial charge in [-0.25, -0.2) is 0 Å². The standard InChI is InChI=1S/C13H9Cl2NO/c14-10-4-1-8(2-5-10)13(17)9-3-6-11(15)12(16)7-9/h1-7H,16H2. The van der Waals surface area contributed by atoms with E-state index in [4.69, 9.17) is 28.9 Å². The van der Waals surface area contributed by atoms with E-state index in [-0.39, 0.29) is 5.78 Å². The van der Waals surface area contributed by atoms with E-state index in [2.05, 4.69) is 0 Å². The van der Waals surface area contributed by atoms with Gasteiger partial charge in [-0.05, 0) is 42.5 Å². The predicted molar refractivity (Wildman–Crippen MR) is 70.7 cm³/mol. The Bertz CT molecular complexity index is 564. The van der Waals surface area contributed by atoms with Gasteiger partial charge < -0.3 is 5.73 Å². The van der Waals surface area contributed by atoms with Crippen LogP contribution in [0.3, 0.4) is 0 Å². The van der Waals surface area contributed by atoms with Crippen LogP contribution >= 0.6 is 23.2 Å². The van der Waals surface area contributed by atoms with Crippen LogP contribution < -0.4 is 5.73 Å². The first-order valence-electron chi connectivity index (χ1n) is 4.93. The van der Waals surface area contributed by atoms with Gasteiger partial charge in [0.15, 0.2) is 5.78 Å². The number of halogens is 2. The summed E-state index contributed by atoms with van der Waals surface area (Å²) in [6.45, 7) is 0. The SMILES string of the molecule is Nc1cc(C(=O)c2ccc(Cl)cc2)ccc1Cl. The number of nitrogen functional groups attached to an aromatic ring is 1. The number of carbonyl (C=O) groups excluding carboxylic acids is 1. The molecular weight excluding hydrogens is 257 g/mol. The molecule has 2 aromatic rings. The molecule has 2 nitrogen and oxygen atoms in total. The smallest absolute Gasteiger partial charge is 0.193 e. The third-order valence-corrected chi connectivity index (χ3v) is 2.96. The van der Waals surface area contributed by atoms with Crippen LogP contribution in [0.1, 0.15) is 15.9 Å². The molecule has 0 fully saturated rings. The molecule has 0 spiro atoms. The second-order valence-corrected chi connectivity index (χ2v) is 4.42. The lowest BCUT2D eigenvalue weighted by molar-refractivity contribution is 0.103. The largest absolute Gasteiger partial charge is 0.398 e. The van der Waals surface area contributed by atoms with Gasteiger partial charge in [0.25, 0.3) is 0 Å². The monoisotopic (exact) mass is 265 g/mol. The molecule has 0 heterocycles. The minimum absolute atomic E-state index is 0.106. The van der Waals surface area contributed by atoms with Gasteiger partial charge in [0.2, 0.25) is 0 Å². The zero-order valence-electron chi connectivity index (χ0n) is 8.78. The minimum atomic E-state index is -0.106. The van der Waals surface area contributed by atoms with Crippen molar-refractivity contribution < 1.29 is 4.79 Å². The quantitative estimate of drug-likeness (QED) is 0.663. The van der Waals surface area contributed by atoms with E-state index in [1.165, 1.54) is 0 Å². The van der Waals surface area contributed by atoms with E-state index in [0.717, 1.165) is 0 Å². The Kier molecular flexibility index (Phi) is 3.36. The Morgan fingerprint density at radius 1 is 0.941 bits per heavy atom. The summed E-state index contributed by atoms with van der Waals surface area (Å²) < 4.78 is 0. The van der Waals surface area contributed by atoms with E-state index in [9.17, 15) is 4.79 Å². The zero-order chi connectivity index (χ0) is 12.4. The molecular formula is C13H9Cl2NO. The first-order valence-corrected chi connectivity index (χ1v) is 5.69. The lowest BCUT2D eigenvalue weighted by atomic mass is 10.0. The van der Waals surface area contributed by atoms with Crippen LogP contribution in [0.5, 0.6) is 0 Å².